The van der Waals surface area contributed by atoms with Gasteiger partial charge in [0.05, 0.1) is 23.0 Å². The number of thiocarbonyl (C=S) groups is 1. The van der Waals surface area contributed by atoms with E-state index in [-0.39, 0.29) is 24.6 Å². The minimum absolute atomic E-state index is 0.0300. The number of nitro benzene ring substituents is 1. The van der Waals surface area contributed by atoms with E-state index < -0.39 is 10.9 Å². The second-order valence-electron chi connectivity index (χ2n) is 6.44. The van der Waals surface area contributed by atoms with Crippen LogP contribution in [0, 0.1) is 10.1 Å². The minimum atomic E-state index is -0.932. The van der Waals surface area contributed by atoms with Gasteiger partial charge in [-0.1, -0.05) is 30.0 Å². The van der Waals surface area contributed by atoms with Gasteiger partial charge in [-0.2, -0.15) is 0 Å². The van der Waals surface area contributed by atoms with Gasteiger partial charge in [0, 0.05) is 32.1 Å². The fourth-order valence-corrected chi connectivity index (χ4v) is 4.39. The average molecular weight is 437 g/mol. The lowest BCUT2D eigenvalue weighted by Gasteiger charge is -2.28. The van der Waals surface area contributed by atoms with Crippen molar-refractivity contribution in [3.63, 3.8) is 0 Å². The molecule has 0 spiro atoms. The first kappa shape index (κ1) is 21.2. The molecular weight excluding hydrogens is 418 g/mol. The van der Waals surface area contributed by atoms with Crippen molar-refractivity contribution in [3.05, 3.63) is 38.8 Å². The molecule has 0 saturated carbocycles. The summed E-state index contributed by atoms with van der Waals surface area (Å²) in [5, 5.41) is 20.3. The molecule has 3 rings (SSSR count). The van der Waals surface area contributed by atoms with Crippen molar-refractivity contribution in [2.45, 2.75) is 12.8 Å². The average Bonchev–Trinajstić information content (AvgIpc) is 2.95. The van der Waals surface area contributed by atoms with Crippen molar-refractivity contribution in [3.8, 4) is 0 Å². The van der Waals surface area contributed by atoms with Crippen LogP contribution in [0.5, 0.6) is 0 Å². The lowest BCUT2D eigenvalue weighted by atomic mass is 10.1. The molecule has 29 heavy (non-hydrogen) atoms. The third-order valence-electron chi connectivity index (χ3n) is 4.49. The van der Waals surface area contributed by atoms with Crippen molar-refractivity contribution >= 4 is 57.6 Å². The van der Waals surface area contributed by atoms with E-state index in [1.54, 1.807) is 18.2 Å². The number of nitrogens with zero attached hydrogens (tertiary/aromatic N) is 3. The fraction of sp³-hybridized carbons (Fsp3) is 0.389. The summed E-state index contributed by atoms with van der Waals surface area (Å²) in [7, 11) is 0. The van der Waals surface area contributed by atoms with Gasteiger partial charge in [0.25, 0.3) is 11.6 Å². The van der Waals surface area contributed by atoms with Crippen molar-refractivity contribution < 1.29 is 24.4 Å². The quantitative estimate of drug-likeness (QED) is 0.297. The first-order valence-electron chi connectivity index (χ1n) is 8.95. The molecule has 2 aliphatic rings. The number of benzene rings is 1. The molecule has 0 radical (unpaired) electrons. The van der Waals surface area contributed by atoms with E-state index in [1.165, 1.54) is 11.0 Å². The normalized spacial score (nSPS) is 18.6. The summed E-state index contributed by atoms with van der Waals surface area (Å²) in [6.45, 7) is 2.42. The Balaban J connectivity index is 1.79. The largest absolute Gasteiger partial charge is 0.481 e. The summed E-state index contributed by atoms with van der Waals surface area (Å²) in [6, 6.07) is 4.86. The summed E-state index contributed by atoms with van der Waals surface area (Å²) < 4.78 is 5.65. The smallest absolute Gasteiger partial charge is 0.303 e. The van der Waals surface area contributed by atoms with Gasteiger partial charge in [-0.15, -0.1) is 0 Å². The Labute approximate surface area is 176 Å². The van der Waals surface area contributed by atoms with E-state index in [4.69, 9.17) is 22.1 Å². The number of carbonyl (C=O) groups excluding carboxylic acids is 1. The number of hydrogen-bond donors (Lipinski definition) is 1. The lowest BCUT2D eigenvalue weighted by molar-refractivity contribution is -0.384. The van der Waals surface area contributed by atoms with Crippen molar-refractivity contribution in [2.75, 3.05) is 37.7 Å². The predicted octanol–water partition coefficient (Wildman–Crippen LogP) is 2.50. The lowest BCUT2D eigenvalue weighted by Crippen LogP contribution is -2.36. The summed E-state index contributed by atoms with van der Waals surface area (Å²) in [5.41, 5.74) is 1.02. The summed E-state index contributed by atoms with van der Waals surface area (Å²) in [4.78, 5) is 38.0. The van der Waals surface area contributed by atoms with Crippen LogP contribution in [0.3, 0.4) is 0 Å². The molecule has 0 aromatic heterocycles. The highest BCUT2D eigenvalue weighted by Gasteiger charge is 2.32. The van der Waals surface area contributed by atoms with Crippen LogP contribution in [0.15, 0.2) is 23.1 Å². The molecule has 1 N–H and O–H groups in total. The van der Waals surface area contributed by atoms with Crippen LogP contribution in [-0.4, -0.2) is 64.0 Å². The number of ether oxygens (including phenoxy) is 1. The van der Waals surface area contributed by atoms with Gasteiger partial charge in [-0.05, 0) is 24.1 Å². The van der Waals surface area contributed by atoms with Gasteiger partial charge in [-0.25, -0.2) is 0 Å². The molecule has 0 aliphatic carbocycles. The number of carboxylic acids is 1. The molecule has 2 saturated heterocycles. The zero-order valence-electron chi connectivity index (χ0n) is 15.4. The summed E-state index contributed by atoms with van der Waals surface area (Å²) in [5.74, 6) is -1.25. The highest BCUT2D eigenvalue weighted by molar-refractivity contribution is 8.26. The Morgan fingerprint density at radius 1 is 1.38 bits per heavy atom. The number of anilines is 1. The topological polar surface area (TPSA) is 113 Å². The maximum absolute atomic E-state index is 12.6. The number of morpholine rings is 1. The molecule has 11 heteroatoms. The van der Waals surface area contributed by atoms with Crippen molar-refractivity contribution in [1.82, 2.24) is 4.90 Å². The van der Waals surface area contributed by atoms with E-state index in [9.17, 15) is 19.7 Å². The van der Waals surface area contributed by atoms with Crippen LogP contribution < -0.4 is 4.90 Å². The van der Waals surface area contributed by atoms with Crippen LogP contribution in [0.2, 0.25) is 0 Å². The van der Waals surface area contributed by atoms with Crippen molar-refractivity contribution in [2.24, 2.45) is 0 Å². The molecule has 1 aromatic carbocycles. The van der Waals surface area contributed by atoms with Crippen LogP contribution in [0.25, 0.3) is 6.08 Å². The number of carboxylic acid groups (broad SMARTS) is 1. The second-order valence-corrected chi connectivity index (χ2v) is 8.11. The minimum Gasteiger partial charge on any atom is -0.481 e. The number of rotatable bonds is 7. The molecule has 0 unspecified atom stereocenters. The highest BCUT2D eigenvalue weighted by atomic mass is 32.2. The highest BCUT2D eigenvalue weighted by Crippen LogP contribution is 2.35. The Kier molecular flexibility index (Phi) is 6.83. The Bertz CT molecular complexity index is 882. The number of carbonyl (C=O) groups is 2. The Morgan fingerprint density at radius 3 is 2.76 bits per heavy atom. The summed E-state index contributed by atoms with van der Waals surface area (Å²) in [6.07, 6.45) is 1.83. The Morgan fingerprint density at radius 2 is 2.10 bits per heavy atom. The fourth-order valence-electron chi connectivity index (χ4n) is 3.08. The van der Waals surface area contributed by atoms with Gasteiger partial charge in [-0.3, -0.25) is 24.6 Å². The van der Waals surface area contributed by atoms with Gasteiger partial charge >= 0.3 is 5.97 Å². The SMILES string of the molecule is O=C(O)CCCN1C(=O)/C(=C/c2ccc(N3CCOCC3)c([N+](=O)[O-])c2)SC1=S. The van der Waals surface area contributed by atoms with E-state index >= 15 is 0 Å². The zero-order chi connectivity index (χ0) is 21.0. The van der Waals surface area contributed by atoms with E-state index in [2.05, 4.69) is 0 Å². The monoisotopic (exact) mass is 437 g/mol. The van der Waals surface area contributed by atoms with Gasteiger partial charge in [0.2, 0.25) is 0 Å². The number of nitro groups is 1. The van der Waals surface area contributed by atoms with E-state index in [0.29, 0.717) is 53.2 Å². The van der Waals surface area contributed by atoms with Crippen LogP contribution in [0.1, 0.15) is 18.4 Å². The van der Waals surface area contributed by atoms with Crippen molar-refractivity contribution in [1.29, 1.82) is 0 Å². The first-order chi connectivity index (χ1) is 13.9. The molecular formula is C18H19N3O6S2. The zero-order valence-corrected chi connectivity index (χ0v) is 17.0. The third kappa shape index (κ3) is 5.11. The van der Waals surface area contributed by atoms with E-state index in [0.717, 1.165) is 11.8 Å². The molecule has 9 nitrogen and oxygen atoms in total. The predicted molar refractivity (Wildman–Crippen MR) is 113 cm³/mol. The number of aliphatic carboxylic acids is 1. The Hall–Kier alpha value is -2.50. The maximum Gasteiger partial charge on any atom is 0.303 e. The van der Waals surface area contributed by atoms with Gasteiger partial charge in [0.1, 0.15) is 10.0 Å². The maximum atomic E-state index is 12.6. The third-order valence-corrected chi connectivity index (χ3v) is 5.87. The van der Waals surface area contributed by atoms with Crippen LogP contribution in [0.4, 0.5) is 11.4 Å². The number of amides is 1. The molecule has 1 aromatic rings. The summed E-state index contributed by atoms with van der Waals surface area (Å²) >= 11 is 6.32. The second kappa shape index (κ2) is 9.33. The van der Waals surface area contributed by atoms with Crippen LogP contribution in [-0.2, 0) is 14.3 Å². The molecule has 0 atom stereocenters. The molecule has 1 amide bonds. The first-order valence-corrected chi connectivity index (χ1v) is 10.2. The molecule has 2 heterocycles. The number of hydrogen-bond acceptors (Lipinski definition) is 8. The van der Waals surface area contributed by atoms with Gasteiger partial charge in [0.15, 0.2) is 0 Å². The molecule has 2 fully saturated rings. The molecule has 154 valence electrons. The van der Waals surface area contributed by atoms with Crippen LogP contribution >= 0.6 is 24.0 Å². The van der Waals surface area contributed by atoms with E-state index in [1.807, 2.05) is 4.90 Å². The number of thioether (sulfide) groups is 1. The molecule has 0 bridgehead atoms. The molecule has 2 aliphatic heterocycles. The standard InChI is InChI=1S/C18H19N3O6S2/c22-16(23)2-1-5-20-17(24)15(29-18(20)28)11-12-3-4-13(14(10-12)21(25)26)19-6-8-27-9-7-19/h3-4,10-11H,1-2,5-9H2,(H,22,23)/b15-11-. The van der Waals surface area contributed by atoms with Gasteiger partial charge < -0.3 is 14.7 Å².